The molecular formula is C54H86N4O4. The third-order valence-electron chi connectivity index (χ3n) is 12.8. The molecule has 2 aromatic heterocycles. The maximum Gasteiger partial charge on any atom is 0.420 e. The fraction of sp³-hybridized carbons (Fsp3) is 0.704. The molecule has 0 spiro atoms. The Morgan fingerprint density at radius 2 is 0.839 bits per heavy atom. The molecule has 0 radical (unpaired) electrons. The molecule has 2 aromatic carbocycles. The summed E-state index contributed by atoms with van der Waals surface area (Å²) in [4.78, 5) is 37.7. The highest BCUT2D eigenvalue weighted by Crippen LogP contribution is 2.31. The van der Waals surface area contributed by atoms with Crippen LogP contribution in [0.5, 0.6) is 0 Å². The van der Waals surface area contributed by atoms with E-state index in [2.05, 4.69) is 27.7 Å². The van der Waals surface area contributed by atoms with Gasteiger partial charge < -0.3 is 9.47 Å². The number of rotatable bonds is 33. The Morgan fingerprint density at radius 1 is 0.468 bits per heavy atom. The number of unbranched alkanes of at least 4 members (excludes halogenated alkanes) is 24. The van der Waals surface area contributed by atoms with Crippen LogP contribution in [0, 0.1) is 25.7 Å². The van der Waals surface area contributed by atoms with Crippen LogP contribution in [-0.4, -0.2) is 44.5 Å². The van der Waals surface area contributed by atoms with Crippen molar-refractivity contribution in [1.29, 1.82) is 0 Å². The Bertz CT molecular complexity index is 1860. The van der Waals surface area contributed by atoms with Gasteiger partial charge in [0.25, 0.3) is 0 Å². The number of imidazole rings is 2. The molecule has 0 bridgehead atoms. The minimum absolute atomic E-state index is 0.272. The third kappa shape index (κ3) is 17.8. The van der Waals surface area contributed by atoms with Gasteiger partial charge in [0.1, 0.15) is 0 Å². The first kappa shape index (κ1) is 51.0. The van der Waals surface area contributed by atoms with Gasteiger partial charge in [0, 0.05) is 0 Å². The van der Waals surface area contributed by atoms with Gasteiger partial charge in [0.2, 0.25) is 0 Å². The first-order valence-corrected chi connectivity index (χ1v) is 25.5. The van der Waals surface area contributed by atoms with Gasteiger partial charge in [-0.15, -0.1) is 0 Å². The van der Waals surface area contributed by atoms with E-state index in [1.54, 1.807) is 0 Å². The summed E-state index contributed by atoms with van der Waals surface area (Å²) >= 11 is 0. The van der Waals surface area contributed by atoms with E-state index < -0.39 is 12.2 Å². The summed E-state index contributed by atoms with van der Waals surface area (Å²) in [5.41, 5.74) is 4.62. The van der Waals surface area contributed by atoms with Gasteiger partial charge in [-0.2, -0.15) is 0 Å². The average molecular weight is 855 g/mol. The van der Waals surface area contributed by atoms with E-state index in [0.29, 0.717) is 35.3 Å². The van der Waals surface area contributed by atoms with Crippen LogP contribution in [0.3, 0.4) is 0 Å². The summed E-state index contributed by atoms with van der Waals surface area (Å²) in [7, 11) is 0. The second-order valence-corrected chi connectivity index (χ2v) is 19.2. The van der Waals surface area contributed by atoms with Crippen LogP contribution in [0.2, 0.25) is 0 Å². The number of para-hydroxylation sites is 2. The first-order chi connectivity index (χ1) is 30.2. The molecule has 8 nitrogen and oxygen atoms in total. The highest BCUT2D eigenvalue weighted by atomic mass is 16.6. The Labute approximate surface area is 376 Å². The number of hydrogen-bond acceptors (Lipinski definition) is 6. The zero-order valence-electron chi connectivity index (χ0n) is 40.3. The lowest BCUT2D eigenvalue weighted by molar-refractivity contribution is 0.144. The number of fused-ring (bicyclic) bond motifs is 2. The van der Waals surface area contributed by atoms with Gasteiger partial charge in [-0.05, 0) is 67.9 Å². The maximum atomic E-state index is 14.0. The number of nitrogens with zero attached hydrogens (tertiary/aromatic N) is 4. The second kappa shape index (κ2) is 29.6. The van der Waals surface area contributed by atoms with Crippen LogP contribution >= 0.6 is 0 Å². The minimum atomic E-state index is -0.513. The van der Waals surface area contributed by atoms with E-state index in [0.717, 1.165) is 61.5 Å². The van der Waals surface area contributed by atoms with Crippen molar-refractivity contribution in [2.24, 2.45) is 11.8 Å². The number of ether oxygens (including phenoxy) is 2. The fourth-order valence-electron chi connectivity index (χ4n) is 8.72. The van der Waals surface area contributed by atoms with Gasteiger partial charge in [0.05, 0.1) is 35.3 Å². The molecule has 0 saturated heterocycles. The SMILES string of the molecule is Cc1ccc2c(nc(-c3nc4ccccc4n3C(=O)OCCCCCCCCCCCCCCCC(C)C)n2C(=O)OCCCCCCCCCCCCCCCC(C)C)c1C. The minimum Gasteiger partial charge on any atom is -0.449 e. The van der Waals surface area contributed by atoms with Crippen LogP contribution in [0.1, 0.15) is 219 Å². The zero-order valence-corrected chi connectivity index (χ0v) is 40.3. The van der Waals surface area contributed by atoms with Crippen molar-refractivity contribution < 1.29 is 19.1 Å². The molecule has 0 saturated carbocycles. The molecule has 0 aliphatic rings. The van der Waals surface area contributed by atoms with E-state index in [1.807, 2.05) is 50.2 Å². The van der Waals surface area contributed by atoms with Crippen molar-refractivity contribution in [3.63, 3.8) is 0 Å². The second-order valence-electron chi connectivity index (χ2n) is 19.2. The van der Waals surface area contributed by atoms with Crippen molar-refractivity contribution in [2.75, 3.05) is 13.2 Å². The Morgan fingerprint density at radius 3 is 1.27 bits per heavy atom. The Kier molecular flexibility index (Phi) is 24.4. The summed E-state index contributed by atoms with van der Waals surface area (Å²) in [6.45, 7) is 14.0. The van der Waals surface area contributed by atoms with Gasteiger partial charge >= 0.3 is 12.2 Å². The monoisotopic (exact) mass is 855 g/mol. The lowest BCUT2D eigenvalue weighted by Gasteiger charge is -2.11. The highest BCUT2D eigenvalue weighted by Gasteiger charge is 2.28. The van der Waals surface area contributed by atoms with Crippen molar-refractivity contribution in [3.8, 4) is 11.6 Å². The number of aromatic nitrogens is 4. The zero-order chi connectivity index (χ0) is 44.4. The summed E-state index contributed by atoms with van der Waals surface area (Å²) < 4.78 is 14.8. The molecule has 2 heterocycles. The van der Waals surface area contributed by atoms with Gasteiger partial charge in [-0.25, -0.2) is 28.7 Å². The molecule has 0 aliphatic carbocycles. The molecular weight excluding hydrogens is 769 g/mol. The molecule has 0 amide bonds. The largest absolute Gasteiger partial charge is 0.449 e. The maximum absolute atomic E-state index is 14.0. The normalized spacial score (nSPS) is 11.8. The Balaban J connectivity index is 1.23. The van der Waals surface area contributed by atoms with E-state index in [4.69, 9.17) is 19.4 Å². The van der Waals surface area contributed by atoms with Gasteiger partial charge in [0.15, 0.2) is 11.6 Å². The molecule has 0 unspecified atom stereocenters. The van der Waals surface area contributed by atoms with Crippen LogP contribution in [-0.2, 0) is 9.47 Å². The lowest BCUT2D eigenvalue weighted by atomic mass is 10.0. The van der Waals surface area contributed by atoms with E-state index in [1.165, 1.54) is 150 Å². The molecule has 0 fully saturated rings. The van der Waals surface area contributed by atoms with Crippen LogP contribution < -0.4 is 0 Å². The van der Waals surface area contributed by atoms with Crippen molar-refractivity contribution in [2.45, 2.75) is 221 Å². The van der Waals surface area contributed by atoms with E-state index >= 15 is 0 Å². The summed E-state index contributed by atoms with van der Waals surface area (Å²) in [5.74, 6) is 2.22. The van der Waals surface area contributed by atoms with Gasteiger partial charge in [-0.3, -0.25) is 0 Å². The predicted molar refractivity (Wildman–Crippen MR) is 260 cm³/mol. The predicted octanol–water partition coefficient (Wildman–Crippen LogP) is 16.9. The molecule has 62 heavy (non-hydrogen) atoms. The topological polar surface area (TPSA) is 88.2 Å². The lowest BCUT2D eigenvalue weighted by Crippen LogP contribution is -2.20. The smallest absolute Gasteiger partial charge is 0.420 e. The molecule has 8 heteroatoms. The fourth-order valence-corrected chi connectivity index (χ4v) is 8.72. The number of benzene rings is 2. The van der Waals surface area contributed by atoms with E-state index in [-0.39, 0.29) is 11.6 Å². The third-order valence-corrected chi connectivity index (χ3v) is 12.8. The number of carbonyl (C=O) groups is 2. The Hall–Kier alpha value is -3.68. The molecule has 346 valence electrons. The van der Waals surface area contributed by atoms with Crippen LogP contribution in [0.15, 0.2) is 36.4 Å². The standard InChI is InChI=1S/C54H86N4O4/c1-43(2)35-29-25-21-17-13-9-7-11-15-19-23-27-33-41-61-53(59)57-48-38-32-31-37-47(48)55-51(57)52-56-50-46(6)45(5)39-40-49(50)58(52)54(60)62-42-34-28-24-20-16-12-8-10-14-18-22-26-30-36-44(3)4/h31-32,37-40,43-44H,7-30,33-36,41-42H2,1-6H3. The summed E-state index contributed by atoms with van der Waals surface area (Å²) in [5, 5.41) is 0. The summed E-state index contributed by atoms with van der Waals surface area (Å²) in [6, 6.07) is 11.4. The van der Waals surface area contributed by atoms with Crippen molar-refractivity contribution >= 4 is 34.3 Å². The van der Waals surface area contributed by atoms with Gasteiger partial charge in [-0.1, -0.05) is 213 Å². The number of aryl methyl sites for hydroxylation is 2. The molecule has 0 N–H and O–H groups in total. The van der Waals surface area contributed by atoms with Crippen LogP contribution in [0.4, 0.5) is 9.59 Å². The van der Waals surface area contributed by atoms with Crippen molar-refractivity contribution in [1.82, 2.24) is 19.1 Å². The van der Waals surface area contributed by atoms with Crippen LogP contribution in [0.25, 0.3) is 33.7 Å². The number of hydrogen-bond donors (Lipinski definition) is 0. The average Bonchev–Trinajstić information content (AvgIpc) is 3.84. The summed E-state index contributed by atoms with van der Waals surface area (Å²) in [6.07, 6.45) is 34.6. The first-order valence-electron chi connectivity index (χ1n) is 25.5. The molecule has 0 atom stereocenters. The molecule has 4 rings (SSSR count). The molecule has 0 aliphatic heterocycles. The number of carbonyl (C=O) groups excluding carboxylic acids is 2. The van der Waals surface area contributed by atoms with Crippen molar-refractivity contribution in [3.05, 3.63) is 47.5 Å². The van der Waals surface area contributed by atoms with E-state index in [9.17, 15) is 9.59 Å². The quantitative estimate of drug-likeness (QED) is 0.0444. The highest BCUT2D eigenvalue weighted by molar-refractivity contribution is 5.96. The molecule has 4 aromatic rings.